The van der Waals surface area contributed by atoms with E-state index < -0.39 is 15.8 Å². The summed E-state index contributed by atoms with van der Waals surface area (Å²) in [6, 6.07) is 8.06. The Kier molecular flexibility index (Phi) is 5.15. The van der Waals surface area contributed by atoms with Crippen molar-refractivity contribution in [3.63, 3.8) is 0 Å². The van der Waals surface area contributed by atoms with Gasteiger partial charge in [0.25, 0.3) is 5.56 Å². The van der Waals surface area contributed by atoms with E-state index in [9.17, 15) is 17.6 Å². The number of ether oxygens (including phenoxy) is 1. The molecular weight excluding hydrogens is 359 g/mol. The standard InChI is InChI=1S/C18H21FN2O4S/c1-13-11-16(12-18(22)20(13)2)25-15-7-9-21(10-8-15)26(23,24)17-5-3-14(19)4-6-17/h3-6,11-12,15H,7-10H2,1-2H3. The smallest absolute Gasteiger partial charge is 0.254 e. The average molecular weight is 380 g/mol. The van der Waals surface area contributed by atoms with E-state index in [1.165, 1.54) is 27.1 Å². The van der Waals surface area contributed by atoms with Crippen molar-refractivity contribution < 1.29 is 17.5 Å². The molecule has 1 saturated heterocycles. The largest absolute Gasteiger partial charge is 0.490 e. The molecule has 2 aromatic rings. The third kappa shape index (κ3) is 3.81. The first-order valence-corrected chi connectivity index (χ1v) is 9.81. The zero-order chi connectivity index (χ0) is 18.9. The van der Waals surface area contributed by atoms with Gasteiger partial charge in [-0.05, 0) is 50.1 Å². The van der Waals surface area contributed by atoms with Crippen molar-refractivity contribution in [1.29, 1.82) is 0 Å². The van der Waals surface area contributed by atoms with Crippen molar-refractivity contribution in [1.82, 2.24) is 8.87 Å². The van der Waals surface area contributed by atoms with E-state index in [0.717, 1.165) is 17.8 Å². The van der Waals surface area contributed by atoms with Gasteiger partial charge in [-0.2, -0.15) is 4.31 Å². The van der Waals surface area contributed by atoms with Crippen molar-refractivity contribution in [2.75, 3.05) is 13.1 Å². The van der Waals surface area contributed by atoms with Gasteiger partial charge >= 0.3 is 0 Å². The first kappa shape index (κ1) is 18.6. The Bertz CT molecular complexity index is 946. The van der Waals surface area contributed by atoms with Crippen LogP contribution in [0.2, 0.25) is 0 Å². The summed E-state index contributed by atoms with van der Waals surface area (Å²) in [5, 5.41) is 0. The van der Waals surface area contributed by atoms with Gasteiger partial charge in [0.1, 0.15) is 17.7 Å². The van der Waals surface area contributed by atoms with Gasteiger partial charge in [-0.1, -0.05) is 0 Å². The van der Waals surface area contributed by atoms with E-state index in [1.807, 2.05) is 6.92 Å². The summed E-state index contributed by atoms with van der Waals surface area (Å²) < 4.78 is 47.0. The number of rotatable bonds is 4. The summed E-state index contributed by atoms with van der Waals surface area (Å²) in [5.41, 5.74) is 0.653. The molecular formula is C18H21FN2O4S. The molecule has 26 heavy (non-hydrogen) atoms. The summed E-state index contributed by atoms with van der Waals surface area (Å²) in [6.07, 6.45) is 0.893. The predicted octanol–water partition coefficient (Wildman–Crippen LogP) is 2.06. The highest BCUT2D eigenvalue weighted by molar-refractivity contribution is 7.89. The van der Waals surface area contributed by atoms with E-state index in [4.69, 9.17) is 4.74 Å². The second-order valence-corrected chi connectivity index (χ2v) is 8.34. The van der Waals surface area contributed by atoms with Gasteiger partial charge in [0, 0.05) is 31.9 Å². The summed E-state index contributed by atoms with van der Waals surface area (Å²) in [4.78, 5) is 11.9. The molecule has 0 spiro atoms. The number of pyridine rings is 1. The Balaban J connectivity index is 1.66. The molecule has 1 aliphatic rings. The number of benzene rings is 1. The molecule has 0 aliphatic carbocycles. The summed E-state index contributed by atoms with van der Waals surface area (Å²) >= 11 is 0. The number of aryl methyl sites for hydroxylation is 1. The molecule has 2 heterocycles. The Labute approximate surface area is 151 Å². The highest BCUT2D eigenvalue weighted by Gasteiger charge is 2.30. The average Bonchev–Trinajstić information content (AvgIpc) is 2.60. The Morgan fingerprint density at radius 1 is 1.12 bits per heavy atom. The lowest BCUT2D eigenvalue weighted by atomic mass is 10.1. The molecule has 6 nitrogen and oxygen atoms in total. The lowest BCUT2D eigenvalue weighted by Crippen LogP contribution is -2.41. The molecule has 0 unspecified atom stereocenters. The fraction of sp³-hybridized carbons (Fsp3) is 0.389. The second-order valence-electron chi connectivity index (χ2n) is 6.40. The molecule has 3 rings (SSSR count). The highest BCUT2D eigenvalue weighted by Crippen LogP contribution is 2.23. The molecule has 0 radical (unpaired) electrons. The van der Waals surface area contributed by atoms with Gasteiger partial charge in [-0.15, -0.1) is 0 Å². The van der Waals surface area contributed by atoms with Gasteiger partial charge in [0.2, 0.25) is 10.0 Å². The minimum Gasteiger partial charge on any atom is -0.490 e. The van der Waals surface area contributed by atoms with Gasteiger partial charge in [0.15, 0.2) is 0 Å². The molecule has 140 valence electrons. The minimum absolute atomic E-state index is 0.0837. The summed E-state index contributed by atoms with van der Waals surface area (Å²) in [5.74, 6) is 0.0331. The molecule has 0 saturated carbocycles. The Hall–Kier alpha value is -2.19. The number of hydrogen-bond donors (Lipinski definition) is 0. The van der Waals surface area contributed by atoms with Crippen molar-refractivity contribution in [3.8, 4) is 5.75 Å². The summed E-state index contributed by atoms with van der Waals surface area (Å²) in [6.45, 7) is 2.45. The number of aromatic nitrogens is 1. The molecule has 8 heteroatoms. The van der Waals surface area contributed by atoms with Crippen LogP contribution in [-0.2, 0) is 17.1 Å². The van der Waals surface area contributed by atoms with Crippen LogP contribution in [0.4, 0.5) is 4.39 Å². The Morgan fingerprint density at radius 3 is 2.31 bits per heavy atom. The van der Waals surface area contributed by atoms with E-state index in [1.54, 1.807) is 13.1 Å². The van der Waals surface area contributed by atoms with Crippen LogP contribution in [0.15, 0.2) is 46.1 Å². The SMILES string of the molecule is Cc1cc(OC2CCN(S(=O)(=O)c3ccc(F)cc3)CC2)cc(=O)n1C. The lowest BCUT2D eigenvalue weighted by Gasteiger charge is -2.31. The number of piperidine rings is 1. The van der Waals surface area contributed by atoms with Gasteiger partial charge in [0.05, 0.1) is 4.90 Å². The van der Waals surface area contributed by atoms with Crippen molar-refractivity contribution >= 4 is 10.0 Å². The third-order valence-electron chi connectivity index (χ3n) is 4.63. The van der Waals surface area contributed by atoms with Crippen LogP contribution in [0.1, 0.15) is 18.5 Å². The van der Waals surface area contributed by atoms with Gasteiger partial charge < -0.3 is 9.30 Å². The fourth-order valence-corrected chi connectivity index (χ4v) is 4.41. The van der Waals surface area contributed by atoms with Crippen LogP contribution in [0.25, 0.3) is 0 Å². The molecule has 0 N–H and O–H groups in total. The first-order valence-electron chi connectivity index (χ1n) is 8.37. The zero-order valence-electron chi connectivity index (χ0n) is 14.7. The van der Waals surface area contributed by atoms with Crippen molar-refractivity contribution in [2.45, 2.75) is 30.8 Å². The molecule has 0 amide bonds. The van der Waals surface area contributed by atoms with Crippen LogP contribution in [0.3, 0.4) is 0 Å². The number of hydrogen-bond acceptors (Lipinski definition) is 4. The maximum atomic E-state index is 13.0. The lowest BCUT2D eigenvalue weighted by molar-refractivity contribution is 0.134. The zero-order valence-corrected chi connectivity index (χ0v) is 15.5. The van der Waals surface area contributed by atoms with Crippen LogP contribution < -0.4 is 10.3 Å². The fourth-order valence-electron chi connectivity index (χ4n) is 2.94. The van der Waals surface area contributed by atoms with Crippen molar-refractivity contribution in [3.05, 3.63) is 58.3 Å². The van der Waals surface area contributed by atoms with Crippen LogP contribution in [0, 0.1) is 12.7 Å². The molecule has 1 aliphatic heterocycles. The molecule has 1 aromatic carbocycles. The van der Waals surface area contributed by atoms with Crippen LogP contribution >= 0.6 is 0 Å². The second kappa shape index (κ2) is 7.20. The van der Waals surface area contributed by atoms with Crippen LogP contribution in [-0.4, -0.2) is 36.5 Å². The minimum atomic E-state index is -3.64. The molecule has 1 aromatic heterocycles. The van der Waals surface area contributed by atoms with Crippen LogP contribution in [0.5, 0.6) is 5.75 Å². The molecule has 1 fully saturated rings. The number of halogens is 1. The van der Waals surface area contributed by atoms with Gasteiger partial charge in [-0.25, -0.2) is 12.8 Å². The summed E-state index contributed by atoms with van der Waals surface area (Å²) in [7, 11) is -1.94. The normalized spacial score (nSPS) is 16.6. The number of sulfonamides is 1. The first-order chi connectivity index (χ1) is 12.3. The van der Waals surface area contributed by atoms with E-state index in [0.29, 0.717) is 31.7 Å². The quantitative estimate of drug-likeness (QED) is 0.814. The maximum Gasteiger partial charge on any atom is 0.254 e. The number of nitrogens with zero attached hydrogens (tertiary/aromatic N) is 2. The third-order valence-corrected chi connectivity index (χ3v) is 6.54. The predicted molar refractivity (Wildman–Crippen MR) is 95.2 cm³/mol. The maximum absolute atomic E-state index is 13.0. The Morgan fingerprint density at radius 2 is 1.73 bits per heavy atom. The van der Waals surface area contributed by atoms with E-state index in [2.05, 4.69) is 0 Å². The molecule has 0 bridgehead atoms. The van der Waals surface area contributed by atoms with E-state index in [-0.39, 0.29) is 16.6 Å². The van der Waals surface area contributed by atoms with E-state index >= 15 is 0 Å². The highest BCUT2D eigenvalue weighted by atomic mass is 32.2. The monoisotopic (exact) mass is 380 g/mol. The molecule has 0 atom stereocenters. The van der Waals surface area contributed by atoms with Crippen molar-refractivity contribution in [2.24, 2.45) is 7.05 Å². The topological polar surface area (TPSA) is 68.6 Å². The van der Waals surface area contributed by atoms with Gasteiger partial charge in [-0.3, -0.25) is 4.79 Å².